The third kappa shape index (κ3) is 7.38. The third-order valence-corrected chi connectivity index (χ3v) is 8.28. The molecule has 0 bridgehead atoms. The van der Waals surface area contributed by atoms with E-state index in [1.54, 1.807) is 6.20 Å². The first-order chi connectivity index (χ1) is 23.8. The Hall–Kier alpha value is -5.78. The number of nitrogens with zero attached hydrogens (tertiary/aromatic N) is 6. The largest absolute Gasteiger partial charge is 2.00 e. The van der Waals surface area contributed by atoms with E-state index in [0.717, 1.165) is 17.0 Å². The van der Waals surface area contributed by atoms with Gasteiger partial charge in [-0.15, -0.1) is 5.10 Å². The molecule has 240 valence electrons. The summed E-state index contributed by atoms with van der Waals surface area (Å²) < 4.78 is 1.89. The van der Waals surface area contributed by atoms with Crippen LogP contribution in [-0.2, 0) is 33.0 Å². The van der Waals surface area contributed by atoms with Crippen LogP contribution < -0.4 is 0 Å². The van der Waals surface area contributed by atoms with Crippen LogP contribution in [0.2, 0.25) is 0 Å². The summed E-state index contributed by atoms with van der Waals surface area (Å²) in [5.74, 6) is 0.700. The molecule has 3 aromatic heterocycles. The molecule has 0 unspecified atom stereocenters. The van der Waals surface area contributed by atoms with Crippen molar-refractivity contribution in [3.8, 4) is 22.8 Å². The van der Waals surface area contributed by atoms with Crippen molar-refractivity contribution in [1.82, 2.24) is 35.2 Å². The molecule has 1 N–H and O–H groups in total. The zero-order valence-electron chi connectivity index (χ0n) is 26.5. The summed E-state index contributed by atoms with van der Waals surface area (Å²) in [6.07, 6.45) is 5.20. The molecular formula is C41H33N7Pt+2. The second-order valence-electron chi connectivity index (χ2n) is 11.3. The summed E-state index contributed by atoms with van der Waals surface area (Å²) in [7, 11) is 0. The third-order valence-electron chi connectivity index (χ3n) is 8.28. The first kappa shape index (κ1) is 33.1. The average Bonchev–Trinajstić information content (AvgIpc) is 3.89. The van der Waals surface area contributed by atoms with Crippen molar-refractivity contribution in [2.75, 3.05) is 0 Å². The van der Waals surface area contributed by atoms with E-state index < -0.39 is 5.41 Å². The first-order valence-corrected chi connectivity index (χ1v) is 15.8. The smallest absolute Gasteiger partial charge is 0.258 e. The quantitative estimate of drug-likeness (QED) is 0.156. The van der Waals surface area contributed by atoms with Gasteiger partial charge in [0, 0.05) is 11.8 Å². The van der Waals surface area contributed by atoms with Crippen LogP contribution in [-0.4, -0.2) is 35.2 Å². The fourth-order valence-corrected chi connectivity index (χ4v) is 6.07. The predicted octanol–water partition coefficient (Wildman–Crippen LogP) is 8.24. The van der Waals surface area contributed by atoms with E-state index in [9.17, 15) is 0 Å². The van der Waals surface area contributed by atoms with Crippen LogP contribution in [0.15, 0.2) is 183 Å². The van der Waals surface area contributed by atoms with Gasteiger partial charge in [-0.25, -0.2) is 9.67 Å². The van der Waals surface area contributed by atoms with Gasteiger partial charge < -0.3 is 0 Å². The van der Waals surface area contributed by atoms with E-state index in [0.29, 0.717) is 12.4 Å². The molecule has 8 heteroatoms. The van der Waals surface area contributed by atoms with E-state index in [1.165, 1.54) is 34.1 Å². The molecular weight excluding hydrogens is 786 g/mol. The fraction of sp³-hybridized carbons (Fsp3) is 0.0488. The molecule has 0 aliphatic heterocycles. The molecule has 0 spiro atoms. The summed E-state index contributed by atoms with van der Waals surface area (Å²) in [4.78, 5) is 8.04. The number of aromatic amines is 1. The van der Waals surface area contributed by atoms with Crippen molar-refractivity contribution in [3.63, 3.8) is 0 Å². The van der Waals surface area contributed by atoms with E-state index in [2.05, 4.69) is 158 Å². The molecule has 5 aromatic carbocycles. The van der Waals surface area contributed by atoms with Gasteiger partial charge in [0.2, 0.25) is 0 Å². The number of H-pyrrole nitrogens is 1. The number of pyridine rings is 1. The van der Waals surface area contributed by atoms with E-state index in [4.69, 9.17) is 0 Å². The summed E-state index contributed by atoms with van der Waals surface area (Å²) >= 11 is 0. The maximum absolute atomic E-state index is 4.46. The minimum absolute atomic E-state index is 0. The summed E-state index contributed by atoms with van der Waals surface area (Å²) in [6, 6.07) is 57.1. The van der Waals surface area contributed by atoms with Crippen molar-refractivity contribution in [2.24, 2.45) is 0 Å². The molecule has 8 aromatic rings. The predicted molar refractivity (Wildman–Crippen MR) is 189 cm³/mol. The molecule has 49 heavy (non-hydrogen) atoms. The molecule has 0 saturated carbocycles. The van der Waals surface area contributed by atoms with Crippen molar-refractivity contribution >= 4 is 0 Å². The Balaban J connectivity index is 0.000000294. The van der Waals surface area contributed by atoms with Crippen LogP contribution in [0.3, 0.4) is 0 Å². The molecule has 0 fully saturated rings. The Morgan fingerprint density at radius 3 is 1.57 bits per heavy atom. The molecule has 0 aliphatic carbocycles. The Labute approximate surface area is 300 Å². The van der Waals surface area contributed by atoms with Gasteiger partial charge in [0.05, 0.1) is 18.2 Å². The summed E-state index contributed by atoms with van der Waals surface area (Å²) in [6.45, 7) is 0.699. The SMILES string of the molecule is [Pt+2].c1ccc(-c2ncn[nH]2)nc1.c1ccc(Cn2cc(-c3ccc(C(c4ccccc4)(c4ccccc4)c4ccccc4)cc3)nn2)cc1. The van der Waals surface area contributed by atoms with Gasteiger partial charge in [0.25, 0.3) is 0 Å². The van der Waals surface area contributed by atoms with Gasteiger partial charge in [-0.3, -0.25) is 10.1 Å². The van der Waals surface area contributed by atoms with Crippen LogP contribution in [0.25, 0.3) is 22.8 Å². The Kier molecular flexibility index (Phi) is 10.7. The standard InChI is InChI=1S/C34H27N3.C7H6N4.Pt/c1-5-13-27(14-6-1)25-37-26-33(35-36-37)28-21-23-32(24-22-28)34(29-15-7-2-8-16-29,30-17-9-3-10-18-30)31-19-11-4-12-20-31;1-2-4-8-6(3-1)7-9-5-10-11-7;/h1-24,26H,25H2;1-5H,(H,9,10,11);/q;;+2. The topological polar surface area (TPSA) is 85.2 Å². The molecule has 3 heterocycles. The maximum atomic E-state index is 4.46. The number of hydrogen-bond acceptors (Lipinski definition) is 5. The number of aromatic nitrogens is 7. The van der Waals surface area contributed by atoms with E-state index >= 15 is 0 Å². The molecule has 7 nitrogen and oxygen atoms in total. The zero-order chi connectivity index (χ0) is 32.4. The van der Waals surface area contributed by atoms with Gasteiger partial charge in [0.1, 0.15) is 17.7 Å². The number of nitrogens with one attached hydrogen (secondary N) is 1. The van der Waals surface area contributed by atoms with Gasteiger partial charge in [-0.2, -0.15) is 5.10 Å². The average molecular weight is 819 g/mol. The zero-order valence-corrected chi connectivity index (χ0v) is 28.8. The van der Waals surface area contributed by atoms with Crippen LogP contribution in [0.5, 0.6) is 0 Å². The second kappa shape index (κ2) is 15.9. The van der Waals surface area contributed by atoms with Crippen molar-refractivity contribution < 1.29 is 21.1 Å². The van der Waals surface area contributed by atoms with E-state index in [1.807, 2.05) is 47.3 Å². The fourth-order valence-electron chi connectivity index (χ4n) is 6.07. The second-order valence-corrected chi connectivity index (χ2v) is 11.3. The molecule has 0 amide bonds. The minimum Gasteiger partial charge on any atom is -0.258 e. The van der Waals surface area contributed by atoms with Crippen LogP contribution in [0.4, 0.5) is 0 Å². The number of rotatable bonds is 8. The first-order valence-electron chi connectivity index (χ1n) is 15.8. The summed E-state index contributed by atoms with van der Waals surface area (Å²) in [5.41, 5.74) is 8.37. The van der Waals surface area contributed by atoms with Crippen molar-refractivity contribution in [1.29, 1.82) is 0 Å². The number of benzene rings is 5. The molecule has 0 aliphatic rings. The molecule has 0 saturated heterocycles. The minimum atomic E-state index is -0.451. The van der Waals surface area contributed by atoms with Crippen LogP contribution >= 0.6 is 0 Å². The number of hydrogen-bond donors (Lipinski definition) is 1. The Morgan fingerprint density at radius 1 is 0.531 bits per heavy atom. The normalized spacial score (nSPS) is 10.8. The van der Waals surface area contributed by atoms with Gasteiger partial charge in [-0.05, 0) is 39.9 Å². The molecule has 0 atom stereocenters. The van der Waals surface area contributed by atoms with Gasteiger partial charge in [-0.1, -0.05) is 157 Å². The van der Waals surface area contributed by atoms with Crippen LogP contribution in [0.1, 0.15) is 27.8 Å². The molecule has 8 rings (SSSR count). The van der Waals surface area contributed by atoms with Crippen molar-refractivity contribution in [3.05, 3.63) is 210 Å². The maximum Gasteiger partial charge on any atom is 2.00 e. The van der Waals surface area contributed by atoms with Gasteiger partial charge >= 0.3 is 21.1 Å². The monoisotopic (exact) mass is 818 g/mol. The molecule has 0 radical (unpaired) electrons. The van der Waals surface area contributed by atoms with E-state index in [-0.39, 0.29) is 21.1 Å². The Bertz CT molecular complexity index is 2020. The van der Waals surface area contributed by atoms with Gasteiger partial charge in [0.15, 0.2) is 5.82 Å². The van der Waals surface area contributed by atoms with Crippen molar-refractivity contribution in [2.45, 2.75) is 12.0 Å². The summed E-state index contributed by atoms with van der Waals surface area (Å²) in [5, 5.41) is 15.3. The van der Waals surface area contributed by atoms with Crippen LogP contribution in [0, 0.1) is 0 Å². The Morgan fingerprint density at radius 2 is 1.06 bits per heavy atom.